The van der Waals surface area contributed by atoms with E-state index in [0.717, 1.165) is 0 Å². The molecular weight excluding hydrogens is 184 g/mol. The van der Waals surface area contributed by atoms with Crippen LogP contribution in [-0.2, 0) is 19.1 Å². The average Bonchev–Trinajstić information content (AvgIpc) is 2.03. The Morgan fingerprint density at radius 3 is 2.00 bits per heavy atom. The molecule has 0 fully saturated rings. The Balaban J connectivity index is 4.69. The second-order valence-corrected chi connectivity index (χ2v) is 3.35. The van der Waals surface area contributed by atoms with E-state index in [-0.39, 0.29) is 18.3 Å². The fourth-order valence-corrected chi connectivity index (χ4v) is 1.04. The summed E-state index contributed by atoms with van der Waals surface area (Å²) in [7, 11) is 0. The van der Waals surface area contributed by atoms with Gasteiger partial charge in [0.1, 0.15) is 0 Å². The molecule has 0 aromatic carbocycles. The fraction of sp³-hybridized carbons (Fsp3) is 0.700. The Hall–Kier alpha value is -1.19. The van der Waals surface area contributed by atoms with Gasteiger partial charge < -0.3 is 4.74 Å². The van der Waals surface area contributed by atoms with Gasteiger partial charge in [-0.3, -0.25) is 14.4 Å². The number of hydrogen-bond donors (Lipinski definition) is 0. The van der Waals surface area contributed by atoms with Gasteiger partial charge in [-0.1, -0.05) is 13.8 Å². The molecule has 0 aromatic rings. The quantitative estimate of drug-likeness (QED) is 0.490. The maximum atomic E-state index is 11.5. The summed E-state index contributed by atoms with van der Waals surface area (Å²) < 4.78 is 4.66. The number of rotatable bonds is 5. The number of ketones is 2. The molecule has 14 heavy (non-hydrogen) atoms. The molecule has 0 radical (unpaired) electrons. The van der Waals surface area contributed by atoms with Gasteiger partial charge in [-0.05, 0) is 13.8 Å². The van der Waals surface area contributed by atoms with Crippen LogP contribution >= 0.6 is 0 Å². The van der Waals surface area contributed by atoms with Gasteiger partial charge in [-0.25, -0.2) is 0 Å². The van der Waals surface area contributed by atoms with Crippen LogP contribution in [0.3, 0.4) is 0 Å². The third-order valence-corrected chi connectivity index (χ3v) is 1.78. The van der Waals surface area contributed by atoms with Crippen molar-refractivity contribution in [2.75, 3.05) is 6.61 Å². The van der Waals surface area contributed by atoms with Crippen molar-refractivity contribution in [2.24, 2.45) is 11.8 Å². The predicted molar refractivity (Wildman–Crippen MR) is 50.6 cm³/mol. The lowest BCUT2D eigenvalue weighted by Gasteiger charge is -2.13. The molecule has 1 atom stereocenters. The number of Topliss-reactive ketones (excluding diaryl/α,β-unsaturated/α-hetero) is 2. The zero-order valence-electron chi connectivity index (χ0n) is 8.99. The zero-order chi connectivity index (χ0) is 11.3. The average molecular weight is 200 g/mol. The molecule has 4 heteroatoms. The predicted octanol–water partition coefficient (Wildman–Crippen LogP) is 0.980. The van der Waals surface area contributed by atoms with Crippen LogP contribution < -0.4 is 0 Å². The molecule has 0 N–H and O–H groups in total. The van der Waals surface area contributed by atoms with Gasteiger partial charge >= 0.3 is 5.97 Å². The van der Waals surface area contributed by atoms with Crippen molar-refractivity contribution in [3.63, 3.8) is 0 Å². The highest BCUT2D eigenvalue weighted by molar-refractivity contribution is 6.17. The standard InChI is InChI=1S/C10H16O4/c1-5-14-10(13)8(7(4)11)9(12)6(2)3/h6,8H,5H2,1-4H3/t8-/m0/s1. The normalized spacial score (nSPS) is 12.4. The summed E-state index contributed by atoms with van der Waals surface area (Å²) in [6.45, 7) is 6.33. The molecule has 0 aliphatic rings. The van der Waals surface area contributed by atoms with E-state index in [0.29, 0.717) is 0 Å². The van der Waals surface area contributed by atoms with E-state index in [9.17, 15) is 14.4 Å². The van der Waals surface area contributed by atoms with Crippen LogP contribution in [0, 0.1) is 11.8 Å². The van der Waals surface area contributed by atoms with Crippen molar-refractivity contribution < 1.29 is 19.1 Å². The van der Waals surface area contributed by atoms with E-state index < -0.39 is 17.7 Å². The van der Waals surface area contributed by atoms with E-state index in [2.05, 4.69) is 4.74 Å². The van der Waals surface area contributed by atoms with Gasteiger partial charge in [0, 0.05) is 5.92 Å². The van der Waals surface area contributed by atoms with E-state index in [4.69, 9.17) is 0 Å². The Morgan fingerprint density at radius 1 is 1.21 bits per heavy atom. The Labute approximate surface area is 83.6 Å². The Bertz CT molecular complexity index is 243. The maximum Gasteiger partial charge on any atom is 0.324 e. The topological polar surface area (TPSA) is 60.4 Å². The van der Waals surface area contributed by atoms with Crippen molar-refractivity contribution >= 4 is 17.5 Å². The molecule has 0 unspecified atom stereocenters. The molecule has 0 amide bonds. The van der Waals surface area contributed by atoms with Gasteiger partial charge in [-0.15, -0.1) is 0 Å². The molecule has 0 bridgehead atoms. The van der Waals surface area contributed by atoms with Crippen LogP contribution in [0.15, 0.2) is 0 Å². The minimum Gasteiger partial charge on any atom is -0.465 e. The highest BCUT2D eigenvalue weighted by Crippen LogP contribution is 2.10. The number of ether oxygens (including phenoxy) is 1. The molecule has 0 heterocycles. The van der Waals surface area contributed by atoms with Crippen LogP contribution in [0.5, 0.6) is 0 Å². The summed E-state index contributed by atoms with van der Waals surface area (Å²) >= 11 is 0. The third-order valence-electron chi connectivity index (χ3n) is 1.78. The summed E-state index contributed by atoms with van der Waals surface area (Å²) in [6, 6.07) is 0. The molecule has 0 saturated heterocycles. The van der Waals surface area contributed by atoms with Crippen LogP contribution in [0.4, 0.5) is 0 Å². The second kappa shape index (κ2) is 5.52. The Morgan fingerprint density at radius 2 is 1.71 bits per heavy atom. The minimum absolute atomic E-state index is 0.175. The lowest BCUT2D eigenvalue weighted by Crippen LogP contribution is -2.34. The third kappa shape index (κ3) is 3.28. The van der Waals surface area contributed by atoms with E-state index in [1.165, 1.54) is 6.92 Å². The van der Waals surface area contributed by atoms with E-state index in [1.807, 2.05) is 0 Å². The van der Waals surface area contributed by atoms with Crippen LogP contribution in [0.25, 0.3) is 0 Å². The first-order chi connectivity index (χ1) is 6.41. The molecule has 0 aliphatic heterocycles. The first-order valence-electron chi connectivity index (χ1n) is 4.62. The molecule has 0 saturated carbocycles. The van der Waals surface area contributed by atoms with Gasteiger partial charge in [0.25, 0.3) is 0 Å². The molecule has 0 rings (SSSR count). The van der Waals surface area contributed by atoms with Crippen molar-refractivity contribution in [3.8, 4) is 0 Å². The molecule has 80 valence electrons. The van der Waals surface area contributed by atoms with Gasteiger partial charge in [0.05, 0.1) is 6.61 Å². The lowest BCUT2D eigenvalue weighted by atomic mass is 9.92. The van der Waals surface area contributed by atoms with Crippen molar-refractivity contribution in [2.45, 2.75) is 27.7 Å². The first kappa shape index (κ1) is 12.8. The van der Waals surface area contributed by atoms with Crippen LogP contribution in [-0.4, -0.2) is 24.1 Å². The summed E-state index contributed by atoms with van der Waals surface area (Å²) in [5, 5.41) is 0. The zero-order valence-corrected chi connectivity index (χ0v) is 8.99. The SMILES string of the molecule is CCOC(=O)[C@@H](C(C)=O)C(=O)C(C)C. The summed E-state index contributed by atoms with van der Waals surface area (Å²) in [5.41, 5.74) is 0. The van der Waals surface area contributed by atoms with Gasteiger partial charge in [0.15, 0.2) is 17.5 Å². The first-order valence-corrected chi connectivity index (χ1v) is 4.62. The number of esters is 1. The monoisotopic (exact) mass is 200 g/mol. The van der Waals surface area contributed by atoms with E-state index >= 15 is 0 Å². The highest BCUT2D eigenvalue weighted by atomic mass is 16.5. The van der Waals surface area contributed by atoms with Crippen LogP contribution in [0.1, 0.15) is 27.7 Å². The molecule has 4 nitrogen and oxygen atoms in total. The fourth-order valence-electron chi connectivity index (χ4n) is 1.04. The van der Waals surface area contributed by atoms with Crippen molar-refractivity contribution in [1.29, 1.82) is 0 Å². The minimum atomic E-state index is -1.24. The van der Waals surface area contributed by atoms with Crippen molar-refractivity contribution in [1.82, 2.24) is 0 Å². The maximum absolute atomic E-state index is 11.5. The van der Waals surface area contributed by atoms with Crippen molar-refractivity contribution in [3.05, 3.63) is 0 Å². The number of carbonyl (C=O) groups excluding carboxylic acids is 3. The van der Waals surface area contributed by atoms with Crippen LogP contribution in [0.2, 0.25) is 0 Å². The van der Waals surface area contributed by atoms with Gasteiger partial charge in [0.2, 0.25) is 0 Å². The van der Waals surface area contributed by atoms with E-state index in [1.54, 1.807) is 20.8 Å². The summed E-state index contributed by atoms with van der Waals surface area (Å²) in [5.74, 6) is -3.15. The lowest BCUT2D eigenvalue weighted by molar-refractivity contribution is -0.155. The van der Waals surface area contributed by atoms with Gasteiger partial charge in [-0.2, -0.15) is 0 Å². The number of carbonyl (C=O) groups is 3. The molecule has 0 aliphatic carbocycles. The summed E-state index contributed by atoms with van der Waals surface area (Å²) in [4.78, 5) is 33.8. The largest absolute Gasteiger partial charge is 0.465 e. The Kier molecular flexibility index (Phi) is 5.05. The summed E-state index contributed by atoms with van der Waals surface area (Å²) in [6.07, 6.45) is 0. The second-order valence-electron chi connectivity index (χ2n) is 3.35. The number of hydrogen-bond acceptors (Lipinski definition) is 4. The molecule has 0 spiro atoms. The molecular formula is C10H16O4. The smallest absolute Gasteiger partial charge is 0.324 e. The highest BCUT2D eigenvalue weighted by Gasteiger charge is 2.33. The molecule has 0 aromatic heterocycles.